The molecule has 0 bridgehead atoms. The molecular formula is C16H23NO5S. The van der Waals surface area contributed by atoms with Crippen molar-refractivity contribution in [2.75, 3.05) is 26.4 Å². The van der Waals surface area contributed by atoms with Gasteiger partial charge in [-0.05, 0) is 38.3 Å². The molecule has 0 radical (unpaired) electrons. The average Bonchev–Trinajstić information content (AvgIpc) is 3.04. The molecule has 0 spiro atoms. The van der Waals surface area contributed by atoms with Gasteiger partial charge in [0.2, 0.25) is 10.0 Å². The van der Waals surface area contributed by atoms with Crippen molar-refractivity contribution in [1.82, 2.24) is 4.72 Å². The maximum Gasteiger partial charge on any atom is 0.240 e. The fourth-order valence-corrected chi connectivity index (χ4v) is 3.46. The van der Waals surface area contributed by atoms with Crippen LogP contribution >= 0.6 is 0 Å². The van der Waals surface area contributed by atoms with Gasteiger partial charge < -0.3 is 9.47 Å². The highest BCUT2D eigenvalue weighted by atomic mass is 32.2. The molecule has 0 aromatic heterocycles. The van der Waals surface area contributed by atoms with Crippen LogP contribution in [0.5, 0.6) is 0 Å². The highest BCUT2D eigenvalue weighted by molar-refractivity contribution is 7.89. The monoisotopic (exact) mass is 341 g/mol. The van der Waals surface area contributed by atoms with Crippen molar-refractivity contribution in [2.45, 2.75) is 37.2 Å². The summed E-state index contributed by atoms with van der Waals surface area (Å²) in [4.78, 5) is 11.4. The summed E-state index contributed by atoms with van der Waals surface area (Å²) in [5, 5.41) is 0. The van der Waals surface area contributed by atoms with Gasteiger partial charge >= 0.3 is 0 Å². The van der Waals surface area contributed by atoms with Crippen molar-refractivity contribution in [2.24, 2.45) is 0 Å². The van der Waals surface area contributed by atoms with Gasteiger partial charge in [0.15, 0.2) is 5.78 Å². The van der Waals surface area contributed by atoms with Gasteiger partial charge in [0.25, 0.3) is 0 Å². The number of hydrogen-bond donors (Lipinski definition) is 1. The van der Waals surface area contributed by atoms with Crippen LogP contribution in [0.1, 0.15) is 36.5 Å². The maximum atomic E-state index is 12.2. The zero-order valence-corrected chi connectivity index (χ0v) is 14.1. The number of carbonyl (C=O) groups is 1. The number of nitrogens with one attached hydrogen (secondary N) is 1. The fraction of sp³-hybridized carbons (Fsp3) is 0.562. The maximum absolute atomic E-state index is 12.2. The second-order valence-corrected chi connectivity index (χ2v) is 7.31. The minimum Gasteiger partial charge on any atom is -0.379 e. The molecule has 23 heavy (non-hydrogen) atoms. The van der Waals surface area contributed by atoms with Crippen molar-refractivity contribution in [3.63, 3.8) is 0 Å². The van der Waals surface area contributed by atoms with E-state index in [4.69, 9.17) is 9.47 Å². The highest BCUT2D eigenvalue weighted by Gasteiger charge is 2.16. The SMILES string of the molecule is CC(=O)c1cccc(S(=O)(=O)NCCCOCC2CCCO2)c1. The summed E-state index contributed by atoms with van der Waals surface area (Å²) in [5.74, 6) is -0.162. The third-order valence-electron chi connectivity index (χ3n) is 3.64. The van der Waals surface area contributed by atoms with E-state index in [1.165, 1.54) is 19.1 Å². The van der Waals surface area contributed by atoms with E-state index in [1.807, 2.05) is 0 Å². The molecule has 0 amide bonds. The lowest BCUT2D eigenvalue weighted by Crippen LogP contribution is -2.26. The summed E-state index contributed by atoms with van der Waals surface area (Å²) in [7, 11) is -3.60. The lowest BCUT2D eigenvalue weighted by atomic mass is 10.2. The van der Waals surface area contributed by atoms with Crippen molar-refractivity contribution in [1.29, 1.82) is 0 Å². The van der Waals surface area contributed by atoms with Crippen LogP contribution in [0.15, 0.2) is 29.2 Å². The number of benzene rings is 1. The third-order valence-corrected chi connectivity index (χ3v) is 5.09. The predicted octanol–water partition coefficient (Wildman–Crippen LogP) is 1.75. The Labute approximate surface area is 137 Å². The average molecular weight is 341 g/mol. The molecule has 1 saturated heterocycles. The van der Waals surface area contributed by atoms with Crippen molar-refractivity contribution in [3.8, 4) is 0 Å². The van der Waals surface area contributed by atoms with Crippen LogP contribution in [-0.4, -0.2) is 46.7 Å². The van der Waals surface area contributed by atoms with Gasteiger partial charge in [-0.2, -0.15) is 0 Å². The van der Waals surface area contributed by atoms with E-state index < -0.39 is 10.0 Å². The van der Waals surface area contributed by atoms with E-state index >= 15 is 0 Å². The predicted molar refractivity (Wildman–Crippen MR) is 86.0 cm³/mol. The fourth-order valence-electron chi connectivity index (χ4n) is 2.34. The van der Waals surface area contributed by atoms with E-state index in [9.17, 15) is 13.2 Å². The molecule has 6 nitrogen and oxygen atoms in total. The summed E-state index contributed by atoms with van der Waals surface area (Å²) >= 11 is 0. The first kappa shape index (κ1) is 18.1. The summed E-state index contributed by atoms with van der Waals surface area (Å²) in [6.45, 7) is 3.54. The van der Waals surface area contributed by atoms with E-state index in [1.54, 1.807) is 12.1 Å². The minimum atomic E-state index is -3.60. The van der Waals surface area contributed by atoms with E-state index in [0.717, 1.165) is 19.4 Å². The molecule has 1 unspecified atom stereocenters. The van der Waals surface area contributed by atoms with Crippen LogP contribution in [-0.2, 0) is 19.5 Å². The first-order chi connectivity index (χ1) is 11.0. The van der Waals surface area contributed by atoms with E-state index in [0.29, 0.717) is 25.2 Å². The lowest BCUT2D eigenvalue weighted by Gasteiger charge is -2.10. The largest absolute Gasteiger partial charge is 0.379 e. The Morgan fingerprint density at radius 2 is 2.26 bits per heavy atom. The lowest BCUT2D eigenvalue weighted by molar-refractivity contribution is 0.0169. The van der Waals surface area contributed by atoms with Crippen molar-refractivity contribution in [3.05, 3.63) is 29.8 Å². The second kappa shape index (κ2) is 8.54. The summed E-state index contributed by atoms with van der Waals surface area (Å²) in [5.41, 5.74) is 0.382. The van der Waals surface area contributed by atoms with Gasteiger partial charge in [-0.1, -0.05) is 12.1 Å². The molecule has 1 aromatic rings. The minimum absolute atomic E-state index is 0.102. The van der Waals surface area contributed by atoms with Gasteiger partial charge in [-0.25, -0.2) is 13.1 Å². The van der Waals surface area contributed by atoms with Crippen LogP contribution in [0.25, 0.3) is 0 Å². The molecule has 1 aromatic carbocycles. The first-order valence-corrected chi connectivity index (χ1v) is 9.27. The Hall–Kier alpha value is -1.28. The zero-order valence-electron chi connectivity index (χ0n) is 13.3. The molecule has 1 aliphatic rings. The molecule has 1 fully saturated rings. The van der Waals surface area contributed by atoms with Gasteiger partial charge in [-0.3, -0.25) is 4.79 Å². The van der Waals surface area contributed by atoms with E-state index in [2.05, 4.69) is 4.72 Å². The van der Waals surface area contributed by atoms with Crippen LogP contribution in [0.4, 0.5) is 0 Å². The van der Waals surface area contributed by atoms with Crippen LogP contribution < -0.4 is 4.72 Å². The molecule has 1 aliphatic heterocycles. The van der Waals surface area contributed by atoms with Crippen LogP contribution in [0.2, 0.25) is 0 Å². The molecule has 2 rings (SSSR count). The third kappa shape index (κ3) is 5.69. The number of ketones is 1. The Bertz CT molecular complexity index is 623. The molecule has 0 saturated carbocycles. The topological polar surface area (TPSA) is 81.7 Å². The highest BCUT2D eigenvalue weighted by Crippen LogP contribution is 2.13. The molecule has 1 atom stereocenters. The van der Waals surface area contributed by atoms with Gasteiger partial charge in [0.05, 0.1) is 17.6 Å². The number of ether oxygens (including phenoxy) is 2. The second-order valence-electron chi connectivity index (χ2n) is 5.55. The van der Waals surface area contributed by atoms with Gasteiger partial charge in [0, 0.05) is 25.3 Å². The number of rotatable bonds is 9. The van der Waals surface area contributed by atoms with Crippen molar-refractivity contribution >= 4 is 15.8 Å². The number of sulfonamides is 1. The molecule has 128 valence electrons. The Kier molecular flexibility index (Phi) is 6.71. The summed E-state index contributed by atoms with van der Waals surface area (Å²) in [6, 6.07) is 6.03. The quantitative estimate of drug-likeness (QED) is 0.547. The number of Topliss-reactive ketones (excluding diaryl/α,β-unsaturated/α-hetero) is 1. The van der Waals surface area contributed by atoms with E-state index in [-0.39, 0.29) is 23.3 Å². The smallest absolute Gasteiger partial charge is 0.240 e. The Morgan fingerprint density at radius 3 is 2.96 bits per heavy atom. The summed E-state index contributed by atoms with van der Waals surface area (Å²) in [6.07, 6.45) is 2.87. The molecular weight excluding hydrogens is 318 g/mol. The normalized spacial score (nSPS) is 18.2. The molecule has 0 aliphatic carbocycles. The van der Waals surface area contributed by atoms with Crippen LogP contribution in [0.3, 0.4) is 0 Å². The number of carbonyl (C=O) groups excluding carboxylic acids is 1. The molecule has 1 N–H and O–H groups in total. The van der Waals surface area contributed by atoms with Crippen molar-refractivity contribution < 1.29 is 22.7 Å². The molecule has 7 heteroatoms. The van der Waals surface area contributed by atoms with Gasteiger partial charge in [0.1, 0.15) is 0 Å². The number of hydrogen-bond acceptors (Lipinski definition) is 5. The zero-order chi connectivity index (χ0) is 16.7. The Morgan fingerprint density at radius 1 is 1.43 bits per heavy atom. The first-order valence-electron chi connectivity index (χ1n) is 7.79. The van der Waals surface area contributed by atoms with Gasteiger partial charge in [-0.15, -0.1) is 0 Å². The molecule has 1 heterocycles. The standard InChI is InChI=1S/C16H23NO5S/c1-13(18)14-5-2-7-16(11-14)23(19,20)17-8-4-9-21-12-15-6-3-10-22-15/h2,5,7,11,15,17H,3-4,6,8-10,12H2,1H3. The Balaban J connectivity index is 1.73. The summed E-state index contributed by atoms with van der Waals surface area (Å²) < 4.78 is 37.8. The van der Waals surface area contributed by atoms with Crippen LogP contribution in [0, 0.1) is 0 Å².